The van der Waals surface area contributed by atoms with Crippen LogP contribution < -0.4 is 5.32 Å². The third-order valence-electron chi connectivity index (χ3n) is 4.27. The highest BCUT2D eigenvalue weighted by atomic mass is 19.4. The minimum atomic E-state index is -4.44. The first-order valence-electron chi connectivity index (χ1n) is 7.68. The van der Waals surface area contributed by atoms with Gasteiger partial charge in [0.25, 0.3) is 0 Å². The number of rotatable bonds is 5. The normalized spacial score (nSPS) is 18.5. The van der Waals surface area contributed by atoms with E-state index in [4.69, 9.17) is 0 Å². The molecule has 1 aromatic heterocycles. The third kappa shape index (κ3) is 4.56. The Morgan fingerprint density at radius 2 is 1.95 bits per heavy atom. The highest BCUT2D eigenvalue weighted by molar-refractivity contribution is 5.26. The van der Waals surface area contributed by atoms with Gasteiger partial charge in [0.05, 0.1) is 0 Å². The van der Waals surface area contributed by atoms with E-state index >= 15 is 0 Å². The van der Waals surface area contributed by atoms with Gasteiger partial charge in [-0.15, -0.1) is 0 Å². The molecule has 0 saturated heterocycles. The van der Waals surface area contributed by atoms with Crippen LogP contribution in [0.25, 0.3) is 0 Å². The Balaban J connectivity index is 2.00. The van der Waals surface area contributed by atoms with E-state index in [0.717, 1.165) is 12.3 Å². The number of alkyl halides is 3. The molecule has 4 nitrogen and oxygen atoms in total. The van der Waals surface area contributed by atoms with E-state index in [1.165, 1.54) is 32.1 Å². The van der Waals surface area contributed by atoms with Crippen molar-refractivity contribution < 1.29 is 13.2 Å². The molecule has 1 N–H and O–H groups in total. The molecule has 0 radical (unpaired) electrons. The zero-order valence-electron chi connectivity index (χ0n) is 13.0. The van der Waals surface area contributed by atoms with Crippen LogP contribution in [0.3, 0.4) is 0 Å². The largest absolute Gasteiger partial charge is 0.433 e. The quantitative estimate of drug-likeness (QED) is 0.904. The molecule has 1 aliphatic rings. The van der Waals surface area contributed by atoms with Gasteiger partial charge in [-0.1, -0.05) is 19.3 Å². The average molecular weight is 316 g/mol. The highest BCUT2D eigenvalue weighted by Gasteiger charge is 2.33. The summed E-state index contributed by atoms with van der Waals surface area (Å²) in [7, 11) is 4.02. The fraction of sp³-hybridized carbons (Fsp3) is 0.733. The molecule has 22 heavy (non-hydrogen) atoms. The van der Waals surface area contributed by atoms with Crippen molar-refractivity contribution in [2.24, 2.45) is 5.92 Å². The summed E-state index contributed by atoms with van der Waals surface area (Å²) in [6, 6.07) is 1.16. The third-order valence-corrected chi connectivity index (χ3v) is 4.27. The molecule has 1 aromatic rings. The van der Waals surface area contributed by atoms with Crippen molar-refractivity contribution in [3.05, 3.63) is 18.0 Å². The maximum atomic E-state index is 12.7. The van der Waals surface area contributed by atoms with Gasteiger partial charge >= 0.3 is 6.18 Å². The lowest BCUT2D eigenvalue weighted by atomic mass is 9.83. The molecular weight excluding hydrogens is 293 g/mol. The number of aromatic nitrogens is 2. The van der Waals surface area contributed by atoms with Gasteiger partial charge in [-0.2, -0.15) is 13.2 Å². The van der Waals surface area contributed by atoms with Crippen LogP contribution >= 0.6 is 0 Å². The van der Waals surface area contributed by atoms with Crippen molar-refractivity contribution in [2.75, 3.05) is 26.0 Å². The highest BCUT2D eigenvalue weighted by Crippen LogP contribution is 2.29. The van der Waals surface area contributed by atoms with Crippen LogP contribution in [0.15, 0.2) is 12.3 Å². The predicted molar refractivity (Wildman–Crippen MR) is 79.6 cm³/mol. The Bertz CT molecular complexity index is 470. The Morgan fingerprint density at radius 1 is 1.27 bits per heavy atom. The molecule has 0 amide bonds. The van der Waals surface area contributed by atoms with Crippen LogP contribution in [0.1, 0.15) is 37.8 Å². The molecule has 1 heterocycles. The molecule has 1 aliphatic carbocycles. The van der Waals surface area contributed by atoms with Crippen molar-refractivity contribution >= 4 is 5.95 Å². The minimum absolute atomic E-state index is 0.0393. The van der Waals surface area contributed by atoms with Gasteiger partial charge in [-0.05, 0) is 38.9 Å². The number of nitrogens with one attached hydrogen (secondary N) is 1. The number of anilines is 1. The number of nitrogens with zero attached hydrogens (tertiary/aromatic N) is 3. The summed E-state index contributed by atoms with van der Waals surface area (Å²) in [4.78, 5) is 9.58. The first-order chi connectivity index (χ1) is 10.4. The molecule has 1 saturated carbocycles. The summed E-state index contributed by atoms with van der Waals surface area (Å²) >= 11 is 0. The molecule has 124 valence electrons. The van der Waals surface area contributed by atoms with E-state index in [0.29, 0.717) is 12.5 Å². The molecular formula is C15H23F3N4. The van der Waals surface area contributed by atoms with E-state index in [-0.39, 0.29) is 12.0 Å². The van der Waals surface area contributed by atoms with Crippen LogP contribution in [-0.2, 0) is 6.18 Å². The molecule has 1 atom stereocenters. The second-order valence-electron chi connectivity index (χ2n) is 6.07. The van der Waals surface area contributed by atoms with Crippen molar-refractivity contribution in [3.8, 4) is 0 Å². The van der Waals surface area contributed by atoms with Crippen LogP contribution in [0.4, 0.5) is 19.1 Å². The van der Waals surface area contributed by atoms with Gasteiger partial charge in [-0.3, -0.25) is 0 Å². The molecule has 0 bridgehead atoms. The second-order valence-corrected chi connectivity index (χ2v) is 6.07. The standard InChI is InChI=1S/C15H23F3N4/c1-22(2)12(11-6-4-3-5-7-11)10-20-14-19-9-8-13(21-14)15(16,17)18/h8-9,11-12H,3-7,10H2,1-2H3,(H,19,20,21). The molecule has 0 spiro atoms. The van der Waals surface area contributed by atoms with Crippen molar-refractivity contribution in [1.82, 2.24) is 14.9 Å². The first kappa shape index (κ1) is 17.0. The second kappa shape index (κ2) is 7.26. The van der Waals surface area contributed by atoms with E-state index in [1.807, 2.05) is 14.1 Å². The van der Waals surface area contributed by atoms with Gasteiger partial charge in [0.2, 0.25) is 5.95 Å². The van der Waals surface area contributed by atoms with E-state index < -0.39 is 11.9 Å². The van der Waals surface area contributed by atoms with Crippen LogP contribution in [0.2, 0.25) is 0 Å². The monoisotopic (exact) mass is 316 g/mol. The Hall–Kier alpha value is -1.37. The van der Waals surface area contributed by atoms with Crippen molar-refractivity contribution in [1.29, 1.82) is 0 Å². The summed E-state index contributed by atoms with van der Waals surface area (Å²) in [5, 5.41) is 2.97. The van der Waals surface area contributed by atoms with Crippen LogP contribution in [0, 0.1) is 5.92 Å². The number of halogens is 3. The Labute approximate surface area is 129 Å². The van der Waals surface area contributed by atoms with Crippen LogP contribution in [0.5, 0.6) is 0 Å². The predicted octanol–water partition coefficient (Wildman–Crippen LogP) is 3.42. The SMILES string of the molecule is CN(C)C(CNc1nccc(C(F)(F)F)n1)C1CCCCC1. The van der Waals surface area contributed by atoms with Crippen LogP contribution in [-0.4, -0.2) is 41.5 Å². The fourth-order valence-electron chi connectivity index (χ4n) is 3.09. The summed E-state index contributed by atoms with van der Waals surface area (Å²) in [5.74, 6) is 0.611. The lowest BCUT2D eigenvalue weighted by Crippen LogP contribution is -2.41. The average Bonchev–Trinajstić information content (AvgIpc) is 2.48. The summed E-state index contributed by atoms with van der Waals surface area (Å²) in [5.41, 5.74) is -0.913. The Kier molecular flexibility index (Phi) is 5.61. The molecule has 2 rings (SSSR count). The lowest BCUT2D eigenvalue weighted by Gasteiger charge is -2.35. The van der Waals surface area contributed by atoms with E-state index in [2.05, 4.69) is 20.2 Å². The first-order valence-corrected chi connectivity index (χ1v) is 7.68. The van der Waals surface area contributed by atoms with Gasteiger partial charge in [0, 0.05) is 18.8 Å². The summed E-state index contributed by atoms with van der Waals surface area (Å²) in [6.45, 7) is 0.555. The van der Waals surface area contributed by atoms with Gasteiger partial charge < -0.3 is 10.2 Å². The fourth-order valence-corrected chi connectivity index (χ4v) is 3.09. The zero-order valence-corrected chi connectivity index (χ0v) is 13.0. The number of hydrogen-bond donors (Lipinski definition) is 1. The smallest absolute Gasteiger partial charge is 0.353 e. The molecule has 1 unspecified atom stereocenters. The van der Waals surface area contributed by atoms with E-state index in [1.54, 1.807) is 0 Å². The molecule has 0 aromatic carbocycles. The lowest BCUT2D eigenvalue weighted by molar-refractivity contribution is -0.141. The minimum Gasteiger partial charge on any atom is -0.353 e. The van der Waals surface area contributed by atoms with E-state index in [9.17, 15) is 13.2 Å². The molecule has 7 heteroatoms. The van der Waals surface area contributed by atoms with Gasteiger partial charge in [-0.25, -0.2) is 9.97 Å². The summed E-state index contributed by atoms with van der Waals surface area (Å²) in [6.07, 6.45) is 2.79. The topological polar surface area (TPSA) is 41.0 Å². The maximum Gasteiger partial charge on any atom is 0.433 e. The zero-order chi connectivity index (χ0) is 16.2. The van der Waals surface area contributed by atoms with Crippen molar-refractivity contribution in [2.45, 2.75) is 44.3 Å². The van der Waals surface area contributed by atoms with Gasteiger partial charge in [0.15, 0.2) is 0 Å². The Morgan fingerprint density at radius 3 is 2.55 bits per heavy atom. The van der Waals surface area contributed by atoms with Crippen molar-refractivity contribution in [3.63, 3.8) is 0 Å². The molecule has 1 fully saturated rings. The van der Waals surface area contributed by atoms with Gasteiger partial charge in [0.1, 0.15) is 5.69 Å². The maximum absolute atomic E-state index is 12.7. The number of likely N-dealkylation sites (N-methyl/N-ethyl adjacent to an activating group) is 1. The molecule has 0 aliphatic heterocycles. The summed E-state index contributed by atoms with van der Waals surface area (Å²) < 4.78 is 38.0. The number of hydrogen-bond acceptors (Lipinski definition) is 4.